The zero-order valence-corrected chi connectivity index (χ0v) is 27.0. The minimum Gasteiger partial charge on any atom is -0.456 e. The molecule has 50 heavy (non-hydrogen) atoms. The van der Waals surface area contributed by atoms with E-state index in [1.807, 2.05) is 18.2 Å². The van der Waals surface area contributed by atoms with E-state index in [0.717, 1.165) is 78.4 Å². The molecule has 9 aromatic rings. The average molecular weight is 640 g/mol. The summed E-state index contributed by atoms with van der Waals surface area (Å²) in [6, 6.07) is 59.1. The first-order valence-corrected chi connectivity index (χ1v) is 16.8. The number of para-hydroxylation sites is 2. The highest BCUT2D eigenvalue weighted by molar-refractivity contribution is 5.99. The van der Waals surface area contributed by atoms with E-state index in [0.29, 0.717) is 5.82 Å². The molecule has 0 saturated heterocycles. The average Bonchev–Trinajstić information content (AvgIpc) is 3.57. The van der Waals surface area contributed by atoms with Crippen molar-refractivity contribution in [3.05, 3.63) is 176 Å². The first-order chi connectivity index (χ1) is 24.8. The predicted molar refractivity (Wildman–Crippen MR) is 204 cm³/mol. The van der Waals surface area contributed by atoms with E-state index >= 15 is 0 Å². The number of hydrogen-bond donors (Lipinski definition) is 0. The van der Waals surface area contributed by atoms with E-state index in [4.69, 9.17) is 14.7 Å². The molecule has 10 rings (SSSR count). The van der Waals surface area contributed by atoms with Crippen LogP contribution in [0.2, 0.25) is 0 Å². The van der Waals surface area contributed by atoms with Gasteiger partial charge in [0.1, 0.15) is 11.5 Å². The van der Waals surface area contributed by atoms with Crippen molar-refractivity contribution >= 4 is 21.5 Å². The molecule has 0 aliphatic carbocycles. The van der Waals surface area contributed by atoms with Crippen molar-refractivity contribution in [2.45, 2.75) is 0 Å². The van der Waals surface area contributed by atoms with E-state index in [1.165, 1.54) is 10.8 Å². The van der Waals surface area contributed by atoms with Gasteiger partial charge in [0.2, 0.25) is 0 Å². The SMILES string of the molecule is c1ccc(-n2ccc3c2-c2ccccc2Oc2ccc(-c4nc(-c5cccc6ccccc56)cc(-c5cccc6ccccc56)n4)cc2-3)cc1. The molecule has 0 saturated carbocycles. The van der Waals surface area contributed by atoms with Gasteiger partial charge in [-0.05, 0) is 76.1 Å². The number of hydrogen-bond acceptors (Lipinski definition) is 3. The molecule has 0 radical (unpaired) electrons. The highest BCUT2D eigenvalue weighted by Gasteiger charge is 2.25. The number of ether oxygens (including phenoxy) is 1. The number of rotatable bonds is 4. The van der Waals surface area contributed by atoms with Crippen molar-refractivity contribution in [2.75, 3.05) is 0 Å². The largest absolute Gasteiger partial charge is 0.456 e. The third-order valence-electron chi connectivity index (χ3n) is 9.67. The Hall–Kier alpha value is -6.78. The molecule has 1 aliphatic rings. The zero-order valence-electron chi connectivity index (χ0n) is 27.0. The summed E-state index contributed by atoms with van der Waals surface area (Å²) in [4.78, 5) is 10.6. The van der Waals surface area contributed by atoms with Gasteiger partial charge in [-0.2, -0.15) is 0 Å². The molecular weight excluding hydrogens is 611 g/mol. The van der Waals surface area contributed by atoms with Crippen molar-refractivity contribution in [3.8, 4) is 73.5 Å². The Morgan fingerprint density at radius 1 is 0.420 bits per heavy atom. The molecule has 0 N–H and O–H groups in total. The first-order valence-electron chi connectivity index (χ1n) is 16.8. The maximum Gasteiger partial charge on any atom is 0.160 e. The molecule has 4 heteroatoms. The Balaban J connectivity index is 1.21. The van der Waals surface area contributed by atoms with Crippen LogP contribution in [0.4, 0.5) is 0 Å². The molecule has 0 atom stereocenters. The lowest BCUT2D eigenvalue weighted by Gasteiger charge is -2.14. The maximum absolute atomic E-state index is 6.65. The summed E-state index contributed by atoms with van der Waals surface area (Å²) in [7, 11) is 0. The second-order valence-electron chi connectivity index (χ2n) is 12.6. The van der Waals surface area contributed by atoms with E-state index in [1.54, 1.807) is 0 Å². The molecule has 0 unspecified atom stereocenters. The fourth-order valence-corrected chi connectivity index (χ4v) is 7.32. The maximum atomic E-state index is 6.65. The van der Waals surface area contributed by atoms with Gasteiger partial charge >= 0.3 is 0 Å². The normalized spacial score (nSPS) is 11.8. The van der Waals surface area contributed by atoms with Gasteiger partial charge in [-0.15, -0.1) is 0 Å². The molecule has 234 valence electrons. The zero-order chi connectivity index (χ0) is 33.0. The third kappa shape index (κ3) is 4.61. The third-order valence-corrected chi connectivity index (χ3v) is 9.67. The van der Waals surface area contributed by atoms with Gasteiger partial charge in [-0.1, -0.05) is 115 Å². The molecule has 2 aromatic heterocycles. The fourth-order valence-electron chi connectivity index (χ4n) is 7.32. The van der Waals surface area contributed by atoms with Crippen molar-refractivity contribution in [3.63, 3.8) is 0 Å². The van der Waals surface area contributed by atoms with Crippen molar-refractivity contribution < 1.29 is 4.74 Å². The van der Waals surface area contributed by atoms with Gasteiger partial charge in [0.05, 0.1) is 17.1 Å². The van der Waals surface area contributed by atoms with Gasteiger partial charge in [-0.25, -0.2) is 9.97 Å². The van der Waals surface area contributed by atoms with Gasteiger partial charge in [-0.3, -0.25) is 0 Å². The molecule has 0 fully saturated rings. The second-order valence-corrected chi connectivity index (χ2v) is 12.6. The lowest BCUT2D eigenvalue weighted by Crippen LogP contribution is -1.97. The van der Waals surface area contributed by atoms with Crippen LogP contribution >= 0.6 is 0 Å². The monoisotopic (exact) mass is 639 g/mol. The van der Waals surface area contributed by atoms with Crippen molar-refractivity contribution in [1.82, 2.24) is 14.5 Å². The Kier molecular flexibility index (Phi) is 6.46. The lowest BCUT2D eigenvalue weighted by atomic mass is 9.97. The summed E-state index contributed by atoms with van der Waals surface area (Å²) >= 11 is 0. The second kappa shape index (κ2) is 11.4. The van der Waals surface area contributed by atoms with E-state index in [2.05, 4.69) is 162 Å². The van der Waals surface area contributed by atoms with Crippen LogP contribution in [0.5, 0.6) is 11.5 Å². The number of fused-ring (bicyclic) bond motifs is 7. The fraction of sp³-hybridized carbons (Fsp3) is 0. The van der Waals surface area contributed by atoms with Crippen LogP contribution in [-0.2, 0) is 0 Å². The summed E-state index contributed by atoms with van der Waals surface area (Å²) in [6.07, 6.45) is 2.15. The highest BCUT2D eigenvalue weighted by Crippen LogP contribution is 2.49. The number of aromatic nitrogens is 3. The first kappa shape index (κ1) is 28.3. The molecule has 0 spiro atoms. The van der Waals surface area contributed by atoms with Gasteiger partial charge in [0.15, 0.2) is 5.82 Å². The number of benzene rings is 7. The predicted octanol–water partition coefficient (Wildman–Crippen LogP) is 12.0. The summed E-state index contributed by atoms with van der Waals surface area (Å²) in [5.74, 6) is 2.28. The molecule has 3 heterocycles. The molecular formula is C46H29N3O. The van der Waals surface area contributed by atoms with Crippen molar-refractivity contribution in [2.24, 2.45) is 0 Å². The summed E-state index contributed by atoms with van der Waals surface area (Å²) in [5, 5.41) is 4.66. The van der Waals surface area contributed by atoms with Gasteiger partial charge < -0.3 is 9.30 Å². The quantitative estimate of drug-likeness (QED) is 0.192. The Bertz CT molecular complexity index is 2640. The Morgan fingerprint density at radius 2 is 1.00 bits per heavy atom. The van der Waals surface area contributed by atoms with Crippen LogP contribution < -0.4 is 4.74 Å². The molecule has 7 aromatic carbocycles. The summed E-state index contributed by atoms with van der Waals surface area (Å²) in [5.41, 5.74) is 10.1. The highest BCUT2D eigenvalue weighted by atomic mass is 16.5. The minimum atomic E-state index is 0.659. The topological polar surface area (TPSA) is 39.9 Å². The number of nitrogens with zero attached hydrogens (tertiary/aromatic N) is 3. The summed E-state index contributed by atoms with van der Waals surface area (Å²) in [6.45, 7) is 0. The van der Waals surface area contributed by atoms with Crippen LogP contribution in [-0.4, -0.2) is 14.5 Å². The van der Waals surface area contributed by atoms with Crippen LogP contribution in [0.25, 0.3) is 83.5 Å². The Morgan fingerprint density at radius 3 is 1.72 bits per heavy atom. The Labute approximate surface area is 289 Å². The van der Waals surface area contributed by atoms with Crippen LogP contribution in [0, 0.1) is 0 Å². The molecule has 4 nitrogen and oxygen atoms in total. The van der Waals surface area contributed by atoms with E-state index in [-0.39, 0.29) is 0 Å². The van der Waals surface area contributed by atoms with Crippen molar-refractivity contribution in [1.29, 1.82) is 0 Å². The van der Waals surface area contributed by atoms with Crippen LogP contribution in [0.3, 0.4) is 0 Å². The summed E-state index contributed by atoms with van der Waals surface area (Å²) < 4.78 is 8.90. The van der Waals surface area contributed by atoms with Gasteiger partial charge in [0, 0.05) is 45.3 Å². The molecule has 0 bridgehead atoms. The van der Waals surface area contributed by atoms with E-state index in [9.17, 15) is 0 Å². The van der Waals surface area contributed by atoms with Crippen LogP contribution in [0.15, 0.2) is 176 Å². The standard InChI is InChI=1S/C46H29N3O/c1-2-16-33(17-3-1)49-27-26-38-40-28-32(24-25-44(40)50-43-23-9-8-20-39(43)45(38)49)46-47-41(36-21-10-14-30-12-4-6-18-34(30)36)29-42(48-46)37-22-11-15-31-13-5-7-19-35(31)37/h1-29H. The molecule has 0 amide bonds. The van der Waals surface area contributed by atoms with Gasteiger partial charge in [0.25, 0.3) is 0 Å². The van der Waals surface area contributed by atoms with E-state index < -0.39 is 0 Å². The lowest BCUT2D eigenvalue weighted by molar-refractivity contribution is 0.487. The smallest absolute Gasteiger partial charge is 0.160 e. The van der Waals surface area contributed by atoms with Crippen LogP contribution in [0.1, 0.15) is 0 Å². The minimum absolute atomic E-state index is 0.659. The molecule has 1 aliphatic heterocycles.